The van der Waals surface area contributed by atoms with Crippen molar-refractivity contribution in [1.29, 1.82) is 0 Å². The summed E-state index contributed by atoms with van der Waals surface area (Å²) in [6, 6.07) is 2.21. The Morgan fingerprint density at radius 3 is 2.29 bits per heavy atom. The summed E-state index contributed by atoms with van der Waals surface area (Å²) in [4.78, 5) is 21.7. The Morgan fingerprint density at radius 1 is 1.29 bits per heavy atom. The Labute approximate surface area is 79.8 Å². The van der Waals surface area contributed by atoms with Crippen LogP contribution in [0.25, 0.3) is 0 Å². The summed E-state index contributed by atoms with van der Waals surface area (Å²) < 4.78 is 0. The number of carbonyl (C=O) groups excluding carboxylic acids is 2. The molecule has 0 spiro atoms. The van der Waals surface area contributed by atoms with Crippen LogP contribution in [-0.2, 0) is 0 Å². The molecule has 0 radical (unpaired) electrons. The number of hydrogen-bond acceptors (Lipinski definition) is 4. The fourth-order valence-corrected chi connectivity index (χ4v) is 1.01. The fourth-order valence-electron chi connectivity index (χ4n) is 1.01. The minimum atomic E-state index is -0.902. The second kappa shape index (κ2) is 3.37. The average Bonchev–Trinajstić information content (AvgIpc) is 2.08. The Hall–Kier alpha value is -2.04. The number of primary amides is 1. The summed E-state index contributed by atoms with van der Waals surface area (Å²) in [5, 5.41) is 18.4. The molecular weight excluding hydrogens is 186 g/mol. The van der Waals surface area contributed by atoms with Crippen molar-refractivity contribution in [1.82, 2.24) is 0 Å². The number of carbonyl (C=O) groups is 2. The number of phenolic OH excluding ortho intramolecular Hbond substituents is 1. The van der Waals surface area contributed by atoms with E-state index in [0.717, 1.165) is 12.1 Å². The zero-order chi connectivity index (χ0) is 10.9. The molecule has 0 aliphatic heterocycles. The number of Topliss-reactive ketones (excluding diaryl/α,β-unsaturated/α-hetero) is 1. The number of nitrogens with two attached hydrogens (primary N) is 1. The molecule has 0 heterocycles. The molecule has 14 heavy (non-hydrogen) atoms. The van der Waals surface area contributed by atoms with Gasteiger partial charge in [0.05, 0.1) is 5.56 Å². The zero-order valence-electron chi connectivity index (χ0n) is 7.44. The Kier molecular flexibility index (Phi) is 2.42. The largest absolute Gasteiger partial charge is 0.504 e. The molecule has 1 rings (SSSR count). The topological polar surface area (TPSA) is 101 Å². The molecule has 0 aromatic heterocycles. The van der Waals surface area contributed by atoms with Gasteiger partial charge in [-0.3, -0.25) is 9.59 Å². The number of ketones is 1. The van der Waals surface area contributed by atoms with Crippen LogP contribution in [0.5, 0.6) is 11.5 Å². The summed E-state index contributed by atoms with van der Waals surface area (Å²) in [5.74, 6) is -2.38. The lowest BCUT2D eigenvalue weighted by molar-refractivity contribution is 0.0997. The van der Waals surface area contributed by atoms with E-state index in [1.807, 2.05) is 0 Å². The maximum absolute atomic E-state index is 10.9. The second-order valence-electron chi connectivity index (χ2n) is 2.81. The van der Waals surface area contributed by atoms with Crippen LogP contribution in [-0.4, -0.2) is 21.9 Å². The van der Waals surface area contributed by atoms with Crippen molar-refractivity contribution in [3.8, 4) is 11.5 Å². The second-order valence-corrected chi connectivity index (χ2v) is 2.81. The molecule has 0 saturated heterocycles. The maximum atomic E-state index is 10.9. The monoisotopic (exact) mass is 195 g/mol. The summed E-state index contributed by atoms with van der Waals surface area (Å²) in [6.45, 7) is 1.27. The molecular formula is C9H9NO4. The summed E-state index contributed by atoms with van der Waals surface area (Å²) in [6.07, 6.45) is 0. The predicted octanol–water partition coefficient (Wildman–Crippen LogP) is 0.399. The van der Waals surface area contributed by atoms with E-state index in [1.54, 1.807) is 0 Å². The lowest BCUT2D eigenvalue weighted by Gasteiger charge is -2.04. The SMILES string of the molecule is CC(=O)c1cc(O)c(O)c(C(N)=O)c1. The highest BCUT2D eigenvalue weighted by Gasteiger charge is 2.14. The highest BCUT2D eigenvalue weighted by Crippen LogP contribution is 2.30. The first kappa shape index (κ1) is 10.0. The number of hydrogen-bond donors (Lipinski definition) is 3. The number of rotatable bonds is 2. The van der Waals surface area contributed by atoms with Gasteiger partial charge in [-0.25, -0.2) is 0 Å². The minimum Gasteiger partial charge on any atom is -0.504 e. The quantitative estimate of drug-likeness (QED) is 0.469. The van der Waals surface area contributed by atoms with Gasteiger partial charge >= 0.3 is 0 Å². The van der Waals surface area contributed by atoms with Crippen molar-refractivity contribution < 1.29 is 19.8 Å². The van der Waals surface area contributed by atoms with Gasteiger partial charge in [-0.1, -0.05) is 0 Å². The van der Waals surface area contributed by atoms with Gasteiger partial charge < -0.3 is 15.9 Å². The average molecular weight is 195 g/mol. The van der Waals surface area contributed by atoms with Gasteiger partial charge in [-0.05, 0) is 19.1 Å². The highest BCUT2D eigenvalue weighted by molar-refractivity contribution is 6.01. The minimum absolute atomic E-state index is 0.120. The molecule has 0 aliphatic carbocycles. The molecule has 0 atom stereocenters. The fraction of sp³-hybridized carbons (Fsp3) is 0.111. The number of benzene rings is 1. The van der Waals surface area contributed by atoms with Gasteiger partial charge in [0.15, 0.2) is 17.3 Å². The van der Waals surface area contributed by atoms with E-state index in [1.165, 1.54) is 6.92 Å². The van der Waals surface area contributed by atoms with Gasteiger partial charge in [0, 0.05) is 5.56 Å². The molecule has 1 amide bonds. The van der Waals surface area contributed by atoms with E-state index in [0.29, 0.717) is 0 Å². The van der Waals surface area contributed by atoms with Crippen molar-refractivity contribution in [2.45, 2.75) is 6.92 Å². The maximum Gasteiger partial charge on any atom is 0.252 e. The predicted molar refractivity (Wildman–Crippen MR) is 48.3 cm³/mol. The lowest BCUT2D eigenvalue weighted by atomic mass is 10.1. The molecule has 74 valence electrons. The van der Waals surface area contributed by atoms with Gasteiger partial charge in [0.2, 0.25) is 0 Å². The van der Waals surface area contributed by atoms with Gasteiger partial charge in [-0.15, -0.1) is 0 Å². The Balaban J connectivity index is 3.43. The van der Waals surface area contributed by atoms with E-state index < -0.39 is 17.4 Å². The molecule has 0 saturated carbocycles. The number of aromatic hydroxyl groups is 2. The zero-order valence-corrected chi connectivity index (χ0v) is 7.44. The summed E-state index contributed by atoms with van der Waals surface area (Å²) in [7, 11) is 0. The molecule has 1 aromatic carbocycles. The molecule has 4 N–H and O–H groups in total. The van der Waals surface area contributed by atoms with Crippen LogP contribution >= 0.6 is 0 Å². The Bertz CT molecular complexity index is 412. The molecule has 0 bridgehead atoms. The highest BCUT2D eigenvalue weighted by atomic mass is 16.3. The normalized spacial score (nSPS) is 9.79. The van der Waals surface area contributed by atoms with Crippen molar-refractivity contribution in [3.05, 3.63) is 23.3 Å². The van der Waals surface area contributed by atoms with Crippen LogP contribution in [0.3, 0.4) is 0 Å². The summed E-state index contributed by atoms with van der Waals surface area (Å²) >= 11 is 0. The Morgan fingerprint density at radius 2 is 1.86 bits per heavy atom. The van der Waals surface area contributed by atoms with Crippen molar-refractivity contribution in [2.24, 2.45) is 5.73 Å². The van der Waals surface area contributed by atoms with Crippen LogP contribution in [0.2, 0.25) is 0 Å². The molecule has 0 fully saturated rings. The summed E-state index contributed by atoms with van der Waals surface area (Å²) in [5.41, 5.74) is 4.78. The number of amides is 1. The first-order valence-corrected chi connectivity index (χ1v) is 3.80. The van der Waals surface area contributed by atoms with E-state index >= 15 is 0 Å². The van der Waals surface area contributed by atoms with Gasteiger partial charge in [-0.2, -0.15) is 0 Å². The van der Waals surface area contributed by atoms with E-state index in [2.05, 4.69) is 0 Å². The molecule has 0 aliphatic rings. The standard InChI is InChI=1S/C9H9NO4/c1-4(11)5-2-6(9(10)14)8(13)7(12)3-5/h2-3,12-13H,1H3,(H2,10,14). The van der Waals surface area contributed by atoms with Crippen LogP contribution in [0.1, 0.15) is 27.6 Å². The van der Waals surface area contributed by atoms with E-state index in [-0.39, 0.29) is 16.9 Å². The molecule has 5 heteroatoms. The molecule has 0 unspecified atom stereocenters. The van der Waals surface area contributed by atoms with E-state index in [4.69, 9.17) is 10.8 Å². The van der Waals surface area contributed by atoms with Crippen LogP contribution in [0, 0.1) is 0 Å². The first-order chi connectivity index (χ1) is 6.43. The van der Waals surface area contributed by atoms with Crippen LogP contribution in [0.4, 0.5) is 0 Å². The molecule has 1 aromatic rings. The number of phenols is 2. The van der Waals surface area contributed by atoms with Crippen molar-refractivity contribution in [2.75, 3.05) is 0 Å². The van der Waals surface area contributed by atoms with E-state index in [9.17, 15) is 14.7 Å². The van der Waals surface area contributed by atoms with Gasteiger partial charge in [0.25, 0.3) is 5.91 Å². The smallest absolute Gasteiger partial charge is 0.252 e. The van der Waals surface area contributed by atoms with Crippen molar-refractivity contribution >= 4 is 11.7 Å². The van der Waals surface area contributed by atoms with Crippen molar-refractivity contribution in [3.63, 3.8) is 0 Å². The third kappa shape index (κ3) is 1.66. The molecule has 5 nitrogen and oxygen atoms in total. The third-order valence-electron chi connectivity index (χ3n) is 1.76. The van der Waals surface area contributed by atoms with Crippen LogP contribution < -0.4 is 5.73 Å². The van der Waals surface area contributed by atoms with Gasteiger partial charge in [0.1, 0.15) is 0 Å². The van der Waals surface area contributed by atoms with Crippen LogP contribution in [0.15, 0.2) is 12.1 Å². The first-order valence-electron chi connectivity index (χ1n) is 3.80. The third-order valence-corrected chi connectivity index (χ3v) is 1.76. The lowest BCUT2D eigenvalue weighted by Crippen LogP contribution is -2.12.